The molecular weight excluding hydrogens is 230 g/mol. The highest BCUT2D eigenvalue weighted by molar-refractivity contribution is 7.99. The van der Waals surface area contributed by atoms with Crippen LogP contribution in [0.25, 0.3) is 0 Å². The number of hydrogen-bond donors (Lipinski definition) is 0. The molecule has 0 spiro atoms. The molecule has 92 valence electrons. The van der Waals surface area contributed by atoms with Crippen molar-refractivity contribution >= 4 is 17.7 Å². The molecular formula is C14H19NOS. The van der Waals surface area contributed by atoms with Gasteiger partial charge in [-0.25, -0.2) is 0 Å². The summed E-state index contributed by atoms with van der Waals surface area (Å²) in [4.78, 5) is 13.9. The lowest BCUT2D eigenvalue weighted by Gasteiger charge is -2.33. The van der Waals surface area contributed by atoms with Gasteiger partial charge in [-0.05, 0) is 36.6 Å². The minimum atomic E-state index is 0.235. The molecule has 1 atom stereocenters. The maximum absolute atomic E-state index is 12.0. The van der Waals surface area contributed by atoms with E-state index in [2.05, 4.69) is 24.3 Å². The van der Waals surface area contributed by atoms with Crippen molar-refractivity contribution in [2.24, 2.45) is 0 Å². The van der Waals surface area contributed by atoms with Crippen LogP contribution < -0.4 is 0 Å². The van der Waals surface area contributed by atoms with Crippen molar-refractivity contribution in [2.45, 2.75) is 25.3 Å². The van der Waals surface area contributed by atoms with E-state index < -0.39 is 0 Å². The molecule has 0 N–H and O–H groups in total. The van der Waals surface area contributed by atoms with Crippen LogP contribution in [-0.4, -0.2) is 29.9 Å². The zero-order valence-corrected chi connectivity index (χ0v) is 11.3. The van der Waals surface area contributed by atoms with Gasteiger partial charge in [-0.15, -0.1) is 0 Å². The van der Waals surface area contributed by atoms with E-state index in [0.717, 1.165) is 12.8 Å². The Kier molecular flexibility index (Phi) is 4.11. The molecule has 1 unspecified atom stereocenters. The normalized spacial score (nSPS) is 18.6. The van der Waals surface area contributed by atoms with Crippen LogP contribution in [-0.2, 0) is 11.2 Å². The Labute approximate surface area is 107 Å². The van der Waals surface area contributed by atoms with E-state index in [1.807, 2.05) is 18.2 Å². The van der Waals surface area contributed by atoms with Crippen LogP contribution in [0.5, 0.6) is 0 Å². The van der Waals surface area contributed by atoms with Crippen LogP contribution in [0.4, 0.5) is 0 Å². The molecule has 0 heterocycles. The van der Waals surface area contributed by atoms with Gasteiger partial charge >= 0.3 is 0 Å². The van der Waals surface area contributed by atoms with Crippen LogP contribution in [0.1, 0.15) is 30.0 Å². The molecule has 1 aliphatic rings. The molecule has 0 saturated heterocycles. The molecule has 1 aromatic carbocycles. The number of amides is 1. The summed E-state index contributed by atoms with van der Waals surface area (Å²) in [5, 5.41) is 0. The summed E-state index contributed by atoms with van der Waals surface area (Å²) < 4.78 is 0. The summed E-state index contributed by atoms with van der Waals surface area (Å²) in [5.41, 5.74) is 2.75. The summed E-state index contributed by atoms with van der Waals surface area (Å²) >= 11 is 1.59. The van der Waals surface area contributed by atoms with Crippen molar-refractivity contribution < 1.29 is 4.79 Å². The van der Waals surface area contributed by atoms with Gasteiger partial charge in [0.1, 0.15) is 0 Å². The minimum Gasteiger partial charge on any atom is -0.338 e. The molecule has 0 aliphatic heterocycles. The average Bonchev–Trinajstić information content (AvgIpc) is 2.37. The predicted molar refractivity (Wildman–Crippen MR) is 73.3 cm³/mol. The molecule has 0 fully saturated rings. The Balaban J connectivity index is 2.20. The number of rotatable bonds is 3. The first kappa shape index (κ1) is 12.5. The van der Waals surface area contributed by atoms with E-state index in [9.17, 15) is 4.79 Å². The molecule has 17 heavy (non-hydrogen) atoms. The monoisotopic (exact) mass is 249 g/mol. The maximum atomic E-state index is 12.0. The fourth-order valence-corrected chi connectivity index (χ4v) is 2.98. The van der Waals surface area contributed by atoms with Gasteiger partial charge in [-0.1, -0.05) is 24.3 Å². The van der Waals surface area contributed by atoms with Crippen LogP contribution in [0, 0.1) is 0 Å². The minimum absolute atomic E-state index is 0.235. The fraction of sp³-hybridized carbons (Fsp3) is 0.500. The predicted octanol–water partition coefficient (Wildman–Crippen LogP) is 2.89. The summed E-state index contributed by atoms with van der Waals surface area (Å²) in [6.45, 7) is 0. The second-order valence-electron chi connectivity index (χ2n) is 4.54. The number of fused-ring (bicyclic) bond motifs is 1. The summed E-state index contributed by atoms with van der Waals surface area (Å²) in [5.74, 6) is 0.814. The molecule has 1 aliphatic carbocycles. The molecule has 0 aromatic heterocycles. The van der Waals surface area contributed by atoms with Gasteiger partial charge in [0, 0.05) is 7.05 Å². The van der Waals surface area contributed by atoms with Crippen LogP contribution >= 0.6 is 11.8 Å². The summed E-state index contributed by atoms with van der Waals surface area (Å²) in [6, 6.07) is 8.80. The first-order valence-corrected chi connectivity index (χ1v) is 7.46. The van der Waals surface area contributed by atoms with Gasteiger partial charge in [0.05, 0.1) is 11.8 Å². The second kappa shape index (κ2) is 5.58. The summed E-state index contributed by atoms with van der Waals surface area (Å²) in [6.07, 6.45) is 5.39. The Hall–Kier alpha value is -0.960. The van der Waals surface area contributed by atoms with Gasteiger partial charge in [-0.3, -0.25) is 4.79 Å². The topological polar surface area (TPSA) is 20.3 Å². The number of thioether (sulfide) groups is 1. The largest absolute Gasteiger partial charge is 0.338 e. The highest BCUT2D eigenvalue weighted by Gasteiger charge is 2.25. The average molecular weight is 249 g/mol. The van der Waals surface area contributed by atoms with E-state index in [1.165, 1.54) is 17.5 Å². The number of nitrogens with zero attached hydrogens (tertiary/aromatic N) is 1. The molecule has 2 nitrogen and oxygen atoms in total. The lowest BCUT2D eigenvalue weighted by molar-refractivity contribution is -0.129. The summed E-state index contributed by atoms with van der Waals surface area (Å²) in [7, 11) is 1.94. The smallest absolute Gasteiger partial charge is 0.232 e. The molecule has 0 saturated carbocycles. The van der Waals surface area contributed by atoms with Gasteiger partial charge < -0.3 is 4.90 Å². The first-order chi connectivity index (χ1) is 8.24. The standard InChI is InChI=1S/C14H19NOS/c1-15(14(16)10-17-2)13-9-5-7-11-6-3-4-8-12(11)13/h3-4,6,8,13H,5,7,9-10H2,1-2H3. The zero-order valence-electron chi connectivity index (χ0n) is 10.5. The Morgan fingerprint density at radius 3 is 3.00 bits per heavy atom. The van der Waals surface area contributed by atoms with Gasteiger partial charge in [0.15, 0.2) is 0 Å². The van der Waals surface area contributed by atoms with Gasteiger partial charge in [-0.2, -0.15) is 11.8 Å². The van der Waals surface area contributed by atoms with E-state index in [0.29, 0.717) is 5.75 Å². The Morgan fingerprint density at radius 1 is 1.47 bits per heavy atom. The third-order valence-electron chi connectivity index (χ3n) is 3.47. The highest BCUT2D eigenvalue weighted by atomic mass is 32.2. The SMILES string of the molecule is CSCC(=O)N(C)C1CCCc2ccccc21. The van der Waals surface area contributed by atoms with Crippen LogP contribution in [0.15, 0.2) is 24.3 Å². The molecule has 3 heteroatoms. The van der Waals surface area contributed by atoms with E-state index >= 15 is 0 Å². The van der Waals surface area contributed by atoms with Crippen LogP contribution in [0.3, 0.4) is 0 Å². The number of carbonyl (C=O) groups is 1. The second-order valence-corrected chi connectivity index (χ2v) is 5.41. The van der Waals surface area contributed by atoms with Crippen molar-refractivity contribution in [1.29, 1.82) is 0 Å². The number of carbonyl (C=O) groups excluding carboxylic acids is 1. The molecule has 0 bridgehead atoms. The Morgan fingerprint density at radius 2 is 2.24 bits per heavy atom. The maximum Gasteiger partial charge on any atom is 0.232 e. The van der Waals surface area contributed by atoms with Gasteiger partial charge in [0.2, 0.25) is 5.91 Å². The zero-order chi connectivity index (χ0) is 12.3. The number of aryl methyl sites for hydroxylation is 1. The third kappa shape index (κ3) is 2.65. The molecule has 1 amide bonds. The number of hydrogen-bond acceptors (Lipinski definition) is 2. The molecule has 2 rings (SSSR count). The lowest BCUT2D eigenvalue weighted by atomic mass is 9.87. The van der Waals surface area contributed by atoms with E-state index in [4.69, 9.17) is 0 Å². The van der Waals surface area contributed by atoms with Crippen molar-refractivity contribution in [3.05, 3.63) is 35.4 Å². The van der Waals surface area contributed by atoms with Crippen molar-refractivity contribution in [2.75, 3.05) is 19.1 Å². The Bertz CT molecular complexity index is 405. The third-order valence-corrected chi connectivity index (χ3v) is 4.00. The lowest BCUT2D eigenvalue weighted by Crippen LogP contribution is -2.34. The fourth-order valence-electron chi connectivity index (χ4n) is 2.53. The van der Waals surface area contributed by atoms with Crippen molar-refractivity contribution in [1.82, 2.24) is 4.90 Å². The number of benzene rings is 1. The van der Waals surface area contributed by atoms with Crippen LogP contribution in [0.2, 0.25) is 0 Å². The highest BCUT2D eigenvalue weighted by Crippen LogP contribution is 2.33. The van der Waals surface area contributed by atoms with Gasteiger partial charge in [0.25, 0.3) is 0 Å². The molecule has 1 aromatic rings. The van der Waals surface area contributed by atoms with E-state index in [-0.39, 0.29) is 11.9 Å². The van der Waals surface area contributed by atoms with E-state index in [1.54, 1.807) is 11.8 Å². The van der Waals surface area contributed by atoms with Crippen molar-refractivity contribution in [3.8, 4) is 0 Å². The van der Waals surface area contributed by atoms with Crippen molar-refractivity contribution in [3.63, 3.8) is 0 Å². The molecule has 0 radical (unpaired) electrons. The quantitative estimate of drug-likeness (QED) is 0.821. The first-order valence-electron chi connectivity index (χ1n) is 6.06.